The predicted octanol–water partition coefficient (Wildman–Crippen LogP) is 1.63. The molecule has 0 bridgehead atoms. The minimum atomic E-state index is -0.252. The van der Waals surface area contributed by atoms with Crippen LogP contribution in [0.15, 0.2) is 29.3 Å². The van der Waals surface area contributed by atoms with Crippen molar-refractivity contribution in [3.05, 3.63) is 35.6 Å². The van der Waals surface area contributed by atoms with E-state index < -0.39 is 0 Å². The predicted molar refractivity (Wildman–Crippen MR) is 124 cm³/mol. The fraction of sp³-hybridized carbons (Fsp3) is 0.600. The zero-order valence-electron chi connectivity index (χ0n) is 17.6. The van der Waals surface area contributed by atoms with Crippen molar-refractivity contribution >= 4 is 35.8 Å². The zero-order chi connectivity index (χ0) is 20.4. The average Bonchev–Trinajstić information content (AvgIpc) is 2.69. The van der Waals surface area contributed by atoms with Crippen molar-refractivity contribution in [1.29, 1.82) is 0 Å². The van der Waals surface area contributed by atoms with Gasteiger partial charge in [-0.1, -0.05) is 12.1 Å². The lowest BCUT2D eigenvalue weighted by atomic mass is 10.2. The summed E-state index contributed by atoms with van der Waals surface area (Å²) in [6.45, 7) is 5.98. The highest BCUT2D eigenvalue weighted by atomic mass is 127. The molecule has 0 aromatic heterocycles. The van der Waals surface area contributed by atoms with Gasteiger partial charge in [0.25, 0.3) is 0 Å². The molecule has 1 heterocycles. The standard InChI is InChI=1S/C20H32FN5O2.HI/c1-24(2)19(27)15-23-20(22-9-4-10-26-11-13-28-14-12-26)25(3)16-17-5-7-18(21)8-6-17;/h5-8H,4,9-16H2,1-3H3,(H,22,23);1H. The maximum Gasteiger partial charge on any atom is 0.243 e. The van der Waals surface area contributed by atoms with Crippen molar-refractivity contribution in [3.63, 3.8) is 0 Å². The molecule has 7 nitrogen and oxygen atoms in total. The molecule has 0 aliphatic carbocycles. The van der Waals surface area contributed by atoms with E-state index in [1.165, 1.54) is 17.0 Å². The number of nitrogens with zero attached hydrogens (tertiary/aromatic N) is 4. The molecule has 1 aliphatic rings. The second-order valence-electron chi connectivity index (χ2n) is 7.14. The maximum atomic E-state index is 13.1. The summed E-state index contributed by atoms with van der Waals surface area (Å²) in [5.41, 5.74) is 0.977. The largest absolute Gasteiger partial charge is 0.379 e. The van der Waals surface area contributed by atoms with Crippen LogP contribution in [0.25, 0.3) is 0 Å². The van der Waals surface area contributed by atoms with Gasteiger partial charge in [-0.15, -0.1) is 24.0 Å². The Morgan fingerprint density at radius 1 is 1.21 bits per heavy atom. The molecule has 0 spiro atoms. The minimum absolute atomic E-state index is 0. The van der Waals surface area contributed by atoms with E-state index in [-0.39, 0.29) is 42.2 Å². The molecule has 1 aromatic rings. The summed E-state index contributed by atoms with van der Waals surface area (Å²) in [7, 11) is 5.35. The first-order valence-electron chi connectivity index (χ1n) is 9.70. The summed E-state index contributed by atoms with van der Waals surface area (Å²) in [4.78, 5) is 22.3. The molecule has 1 fully saturated rings. The number of rotatable bonds is 8. The number of aliphatic imine (C=N–C) groups is 1. The Balaban J connectivity index is 0.00000420. The SMILES string of the molecule is CN(C)C(=O)CN=C(NCCCN1CCOCC1)N(C)Cc1ccc(F)cc1.I. The summed E-state index contributed by atoms with van der Waals surface area (Å²) in [5.74, 6) is 0.363. The highest BCUT2D eigenvalue weighted by molar-refractivity contribution is 14.0. The van der Waals surface area contributed by atoms with E-state index in [1.54, 1.807) is 26.2 Å². The number of hydrogen-bond acceptors (Lipinski definition) is 4. The average molecular weight is 521 g/mol. The number of carbonyl (C=O) groups excluding carboxylic acids is 1. The molecule has 9 heteroatoms. The Bertz CT molecular complexity index is 636. The molecule has 0 unspecified atom stereocenters. The van der Waals surface area contributed by atoms with Gasteiger partial charge in [-0.05, 0) is 30.7 Å². The molecule has 0 atom stereocenters. The lowest BCUT2D eigenvalue weighted by Crippen LogP contribution is -2.42. The smallest absolute Gasteiger partial charge is 0.243 e. The molecule has 1 aliphatic heterocycles. The highest BCUT2D eigenvalue weighted by Crippen LogP contribution is 2.06. The van der Waals surface area contributed by atoms with Crippen LogP contribution >= 0.6 is 24.0 Å². The first kappa shape index (κ1) is 25.6. The van der Waals surface area contributed by atoms with E-state index >= 15 is 0 Å². The van der Waals surface area contributed by atoms with E-state index in [4.69, 9.17) is 4.74 Å². The number of ether oxygens (including phenoxy) is 1. The van der Waals surface area contributed by atoms with Crippen LogP contribution in [-0.4, -0.2) is 93.6 Å². The molecule has 1 N–H and O–H groups in total. The van der Waals surface area contributed by atoms with Gasteiger partial charge >= 0.3 is 0 Å². The molecule has 29 heavy (non-hydrogen) atoms. The Morgan fingerprint density at radius 2 is 1.86 bits per heavy atom. The third-order valence-electron chi connectivity index (χ3n) is 4.60. The summed E-state index contributed by atoms with van der Waals surface area (Å²) in [5, 5.41) is 3.36. The van der Waals surface area contributed by atoms with E-state index in [0.717, 1.165) is 51.4 Å². The van der Waals surface area contributed by atoms with Gasteiger partial charge in [-0.2, -0.15) is 0 Å². The Hall–Kier alpha value is -1.46. The van der Waals surface area contributed by atoms with Gasteiger partial charge in [0, 0.05) is 47.3 Å². The van der Waals surface area contributed by atoms with Crippen molar-refractivity contribution in [2.45, 2.75) is 13.0 Å². The number of benzene rings is 1. The lowest BCUT2D eigenvalue weighted by molar-refractivity contribution is -0.127. The molecule has 164 valence electrons. The molecule has 0 saturated carbocycles. The number of likely N-dealkylation sites (N-methyl/N-ethyl adjacent to an activating group) is 1. The van der Waals surface area contributed by atoms with Crippen LogP contribution in [-0.2, 0) is 16.1 Å². The van der Waals surface area contributed by atoms with Crippen molar-refractivity contribution in [1.82, 2.24) is 20.0 Å². The van der Waals surface area contributed by atoms with Gasteiger partial charge in [0.2, 0.25) is 5.91 Å². The third-order valence-corrected chi connectivity index (χ3v) is 4.60. The van der Waals surface area contributed by atoms with Crippen molar-refractivity contribution < 1.29 is 13.9 Å². The van der Waals surface area contributed by atoms with Crippen LogP contribution in [0.3, 0.4) is 0 Å². The van der Waals surface area contributed by atoms with E-state index in [1.807, 2.05) is 11.9 Å². The Morgan fingerprint density at radius 3 is 2.48 bits per heavy atom. The van der Waals surface area contributed by atoms with Gasteiger partial charge in [-0.3, -0.25) is 9.69 Å². The lowest BCUT2D eigenvalue weighted by Gasteiger charge is -2.27. The number of guanidine groups is 1. The third kappa shape index (κ3) is 9.72. The molecule has 1 amide bonds. The molecular formula is C20H33FIN5O2. The van der Waals surface area contributed by atoms with Gasteiger partial charge in [0.15, 0.2) is 5.96 Å². The second kappa shape index (κ2) is 13.7. The van der Waals surface area contributed by atoms with Gasteiger partial charge in [0.1, 0.15) is 12.4 Å². The molecule has 1 saturated heterocycles. The van der Waals surface area contributed by atoms with Crippen LogP contribution in [0, 0.1) is 5.82 Å². The highest BCUT2D eigenvalue weighted by Gasteiger charge is 2.12. The summed E-state index contributed by atoms with van der Waals surface area (Å²) >= 11 is 0. The molecular weight excluding hydrogens is 488 g/mol. The number of nitrogens with one attached hydrogen (secondary N) is 1. The number of amides is 1. The van der Waals surface area contributed by atoms with Crippen molar-refractivity contribution in [2.24, 2.45) is 4.99 Å². The Kier molecular flexibility index (Phi) is 12.1. The van der Waals surface area contributed by atoms with Gasteiger partial charge in [0.05, 0.1) is 13.2 Å². The monoisotopic (exact) mass is 521 g/mol. The van der Waals surface area contributed by atoms with Crippen molar-refractivity contribution in [3.8, 4) is 0 Å². The van der Waals surface area contributed by atoms with Crippen LogP contribution < -0.4 is 5.32 Å². The number of halogens is 2. The topological polar surface area (TPSA) is 60.4 Å². The van der Waals surface area contributed by atoms with Crippen LogP contribution in [0.1, 0.15) is 12.0 Å². The summed E-state index contributed by atoms with van der Waals surface area (Å²) in [6.07, 6.45) is 0.977. The van der Waals surface area contributed by atoms with E-state index in [0.29, 0.717) is 12.5 Å². The fourth-order valence-electron chi connectivity index (χ4n) is 2.86. The molecule has 2 rings (SSSR count). The van der Waals surface area contributed by atoms with Crippen LogP contribution in [0.2, 0.25) is 0 Å². The first-order chi connectivity index (χ1) is 13.5. The van der Waals surface area contributed by atoms with Crippen LogP contribution in [0.4, 0.5) is 4.39 Å². The zero-order valence-corrected chi connectivity index (χ0v) is 19.9. The summed E-state index contributed by atoms with van der Waals surface area (Å²) in [6, 6.07) is 6.41. The number of morpholine rings is 1. The Labute approximate surface area is 190 Å². The van der Waals surface area contributed by atoms with Gasteiger partial charge in [-0.25, -0.2) is 9.38 Å². The number of hydrogen-bond donors (Lipinski definition) is 1. The molecule has 0 radical (unpaired) electrons. The first-order valence-corrected chi connectivity index (χ1v) is 9.70. The van der Waals surface area contributed by atoms with E-state index in [2.05, 4.69) is 15.2 Å². The summed E-state index contributed by atoms with van der Waals surface area (Å²) < 4.78 is 18.5. The molecule has 1 aromatic carbocycles. The maximum absolute atomic E-state index is 13.1. The second-order valence-corrected chi connectivity index (χ2v) is 7.14. The number of carbonyl (C=O) groups is 1. The normalized spacial score (nSPS) is 14.8. The quantitative estimate of drug-likeness (QED) is 0.244. The van der Waals surface area contributed by atoms with Crippen molar-refractivity contribution in [2.75, 3.05) is 67.1 Å². The minimum Gasteiger partial charge on any atom is -0.379 e. The van der Waals surface area contributed by atoms with E-state index in [9.17, 15) is 9.18 Å². The van der Waals surface area contributed by atoms with Crippen LogP contribution in [0.5, 0.6) is 0 Å². The van der Waals surface area contributed by atoms with Gasteiger partial charge < -0.3 is 19.9 Å². The fourth-order valence-corrected chi connectivity index (χ4v) is 2.86.